The van der Waals surface area contributed by atoms with Crippen molar-refractivity contribution in [3.05, 3.63) is 29.3 Å². The van der Waals surface area contributed by atoms with Gasteiger partial charge in [0.2, 0.25) is 0 Å². The van der Waals surface area contributed by atoms with Crippen LogP contribution in [-0.4, -0.2) is 20.0 Å². The van der Waals surface area contributed by atoms with Gasteiger partial charge in [-0.3, -0.25) is 4.79 Å². The van der Waals surface area contributed by atoms with Crippen molar-refractivity contribution >= 4 is 27.2 Å². The zero-order chi connectivity index (χ0) is 11.5. The van der Waals surface area contributed by atoms with Gasteiger partial charge in [0.05, 0.1) is 4.90 Å². The summed E-state index contributed by atoms with van der Waals surface area (Å²) in [5, 5.41) is 0.347. The van der Waals surface area contributed by atoms with Crippen LogP contribution in [0.1, 0.15) is 13.3 Å². The third-order valence-corrected chi connectivity index (χ3v) is 3.81. The van der Waals surface area contributed by atoms with Crippen molar-refractivity contribution in [1.82, 2.24) is 0 Å². The van der Waals surface area contributed by atoms with Crippen molar-refractivity contribution in [1.29, 1.82) is 0 Å². The highest BCUT2D eigenvalue weighted by Crippen LogP contribution is 2.16. The molecule has 0 radical (unpaired) electrons. The molecule has 0 saturated heterocycles. The Balaban J connectivity index is 3.01. The van der Waals surface area contributed by atoms with E-state index in [0.29, 0.717) is 5.02 Å². The lowest BCUT2D eigenvalue weighted by atomic mass is 10.4. The third kappa shape index (κ3) is 3.32. The fourth-order valence-corrected chi connectivity index (χ4v) is 2.70. The van der Waals surface area contributed by atoms with E-state index in [0.717, 1.165) is 0 Å². The normalized spacial score (nSPS) is 11.3. The molecule has 0 aromatic heterocycles. The summed E-state index contributed by atoms with van der Waals surface area (Å²) in [5.74, 6) is -0.751. The number of Topliss-reactive ketones (excluding diaryl/α,β-unsaturated/α-hetero) is 1. The second-order valence-electron chi connectivity index (χ2n) is 3.11. The highest BCUT2D eigenvalue weighted by Gasteiger charge is 2.18. The Morgan fingerprint density at radius 3 is 2.60 bits per heavy atom. The first-order valence-corrected chi connectivity index (χ1v) is 6.49. The minimum Gasteiger partial charge on any atom is -0.299 e. The molecule has 0 unspecified atom stereocenters. The fourth-order valence-electron chi connectivity index (χ4n) is 1.06. The van der Waals surface area contributed by atoms with Gasteiger partial charge >= 0.3 is 0 Å². The predicted octanol–water partition coefficient (Wildman–Crippen LogP) is 2.09. The van der Waals surface area contributed by atoms with Crippen molar-refractivity contribution in [3.8, 4) is 0 Å². The standard InChI is InChI=1S/C10H11ClO3S/c1-2-9(12)7-15(13,14)10-5-3-4-8(11)6-10/h3-6H,2,7H2,1H3. The third-order valence-electron chi connectivity index (χ3n) is 1.90. The average molecular weight is 247 g/mol. The average Bonchev–Trinajstić information content (AvgIpc) is 2.17. The molecule has 0 aliphatic rings. The number of ketones is 1. The number of halogens is 1. The van der Waals surface area contributed by atoms with Crippen LogP contribution >= 0.6 is 11.6 Å². The molecule has 0 atom stereocenters. The first kappa shape index (κ1) is 12.2. The van der Waals surface area contributed by atoms with Gasteiger partial charge < -0.3 is 0 Å². The maximum absolute atomic E-state index is 11.7. The lowest BCUT2D eigenvalue weighted by Gasteiger charge is -2.02. The van der Waals surface area contributed by atoms with Crippen molar-refractivity contribution in [2.45, 2.75) is 18.2 Å². The molecule has 5 heteroatoms. The molecule has 15 heavy (non-hydrogen) atoms. The van der Waals surface area contributed by atoms with Crippen LogP contribution in [0.5, 0.6) is 0 Å². The molecule has 0 heterocycles. The van der Waals surface area contributed by atoms with Gasteiger partial charge in [-0.05, 0) is 18.2 Å². The van der Waals surface area contributed by atoms with Gasteiger partial charge in [0.1, 0.15) is 11.5 Å². The number of benzene rings is 1. The van der Waals surface area contributed by atoms with E-state index in [1.807, 2.05) is 0 Å². The highest BCUT2D eigenvalue weighted by molar-refractivity contribution is 7.92. The number of carbonyl (C=O) groups excluding carboxylic acids is 1. The molecule has 0 spiro atoms. The van der Waals surface area contributed by atoms with Gasteiger partial charge in [0.15, 0.2) is 9.84 Å². The number of rotatable bonds is 4. The molecule has 0 amide bonds. The molecule has 0 saturated carbocycles. The van der Waals surface area contributed by atoms with Crippen molar-refractivity contribution < 1.29 is 13.2 Å². The second-order valence-corrected chi connectivity index (χ2v) is 5.53. The lowest BCUT2D eigenvalue weighted by molar-refractivity contribution is -0.116. The van der Waals surface area contributed by atoms with Gasteiger partial charge in [-0.25, -0.2) is 8.42 Å². The smallest absolute Gasteiger partial charge is 0.185 e. The van der Waals surface area contributed by atoms with Gasteiger partial charge in [-0.1, -0.05) is 24.6 Å². The summed E-state index contributed by atoms with van der Waals surface area (Å²) >= 11 is 5.67. The molecule has 1 aromatic carbocycles. The van der Waals surface area contributed by atoms with E-state index in [9.17, 15) is 13.2 Å². The van der Waals surface area contributed by atoms with Gasteiger partial charge in [-0.2, -0.15) is 0 Å². The largest absolute Gasteiger partial charge is 0.299 e. The lowest BCUT2D eigenvalue weighted by Crippen LogP contribution is -2.15. The summed E-state index contributed by atoms with van der Waals surface area (Å²) in [4.78, 5) is 11.2. The molecule has 3 nitrogen and oxygen atoms in total. The van der Waals surface area contributed by atoms with Crippen molar-refractivity contribution in [3.63, 3.8) is 0 Å². The van der Waals surface area contributed by atoms with E-state index in [1.54, 1.807) is 19.1 Å². The van der Waals surface area contributed by atoms with Crippen LogP contribution in [0, 0.1) is 0 Å². The van der Waals surface area contributed by atoms with E-state index in [-0.39, 0.29) is 17.1 Å². The molecule has 82 valence electrons. The van der Waals surface area contributed by atoms with Crippen LogP contribution < -0.4 is 0 Å². The molecular formula is C10H11ClO3S. The molecule has 0 aliphatic carbocycles. The molecule has 0 bridgehead atoms. The SMILES string of the molecule is CCC(=O)CS(=O)(=O)c1cccc(Cl)c1. The zero-order valence-corrected chi connectivity index (χ0v) is 9.81. The molecule has 0 N–H and O–H groups in total. The summed E-state index contributed by atoms with van der Waals surface area (Å²) in [6.45, 7) is 1.63. The Morgan fingerprint density at radius 1 is 1.40 bits per heavy atom. The monoisotopic (exact) mass is 246 g/mol. The fraction of sp³-hybridized carbons (Fsp3) is 0.300. The number of carbonyl (C=O) groups is 1. The topological polar surface area (TPSA) is 51.2 Å². The van der Waals surface area contributed by atoms with Gasteiger partial charge in [0, 0.05) is 11.4 Å². The quantitative estimate of drug-likeness (QED) is 0.818. The summed E-state index contributed by atoms with van der Waals surface area (Å²) in [5.41, 5.74) is 0. The minimum atomic E-state index is -3.53. The highest BCUT2D eigenvalue weighted by atomic mass is 35.5. The van der Waals surface area contributed by atoms with Crippen LogP contribution in [0.2, 0.25) is 5.02 Å². The molecule has 1 rings (SSSR count). The molecular weight excluding hydrogens is 236 g/mol. The second kappa shape index (κ2) is 4.77. The van der Waals surface area contributed by atoms with Crippen molar-refractivity contribution in [2.75, 3.05) is 5.75 Å². The maximum atomic E-state index is 11.7. The Morgan fingerprint density at radius 2 is 2.07 bits per heavy atom. The summed E-state index contributed by atoms with van der Waals surface area (Å²) in [7, 11) is -3.53. The first-order valence-electron chi connectivity index (χ1n) is 4.45. The Bertz CT molecular complexity index is 465. The van der Waals surface area contributed by atoms with E-state index >= 15 is 0 Å². The number of sulfone groups is 1. The first-order chi connectivity index (χ1) is 6.95. The number of hydrogen-bond donors (Lipinski definition) is 0. The van der Waals surface area contributed by atoms with Crippen LogP contribution in [0.25, 0.3) is 0 Å². The van der Waals surface area contributed by atoms with E-state index < -0.39 is 15.6 Å². The minimum absolute atomic E-state index is 0.0943. The maximum Gasteiger partial charge on any atom is 0.185 e. The Hall–Kier alpha value is -0.870. The van der Waals surface area contributed by atoms with Crippen LogP contribution in [-0.2, 0) is 14.6 Å². The molecule has 1 aromatic rings. The van der Waals surface area contributed by atoms with E-state index in [2.05, 4.69) is 0 Å². The number of hydrogen-bond acceptors (Lipinski definition) is 3. The van der Waals surface area contributed by atoms with Crippen molar-refractivity contribution in [2.24, 2.45) is 0 Å². The van der Waals surface area contributed by atoms with Crippen LogP contribution in [0.3, 0.4) is 0 Å². The van der Waals surface area contributed by atoms with Crippen LogP contribution in [0.4, 0.5) is 0 Å². The van der Waals surface area contributed by atoms with Gasteiger partial charge in [0.25, 0.3) is 0 Å². The summed E-state index contributed by atoms with van der Waals surface area (Å²) in [6.07, 6.45) is 0.222. The Kier molecular flexibility index (Phi) is 3.88. The Labute approximate surface area is 94.0 Å². The molecule has 0 fully saturated rings. The summed E-state index contributed by atoms with van der Waals surface area (Å²) < 4.78 is 23.3. The van der Waals surface area contributed by atoms with E-state index in [1.165, 1.54) is 12.1 Å². The van der Waals surface area contributed by atoms with Gasteiger partial charge in [-0.15, -0.1) is 0 Å². The summed E-state index contributed by atoms with van der Waals surface area (Å²) in [6, 6.07) is 5.91. The predicted molar refractivity (Wildman–Crippen MR) is 58.8 cm³/mol. The zero-order valence-electron chi connectivity index (χ0n) is 8.23. The van der Waals surface area contributed by atoms with E-state index in [4.69, 9.17) is 11.6 Å². The van der Waals surface area contributed by atoms with Crippen LogP contribution in [0.15, 0.2) is 29.2 Å². The molecule has 0 aliphatic heterocycles.